The molecule has 1 aromatic heterocycles. The molecule has 136 valence electrons. The quantitative estimate of drug-likeness (QED) is 0.607. The van der Waals surface area contributed by atoms with Crippen LogP contribution in [0.3, 0.4) is 0 Å². The van der Waals surface area contributed by atoms with Gasteiger partial charge in [-0.05, 0) is 36.2 Å². The van der Waals surface area contributed by atoms with E-state index in [1.807, 2.05) is 0 Å². The number of aliphatic hydroxyl groups excluding tert-OH is 1. The van der Waals surface area contributed by atoms with Crippen molar-refractivity contribution in [3.8, 4) is 0 Å². The molecule has 26 heavy (non-hydrogen) atoms. The summed E-state index contributed by atoms with van der Waals surface area (Å²) in [7, 11) is 1.55. The number of ketones is 1. The number of carbonyl (C=O) groups is 2. The van der Waals surface area contributed by atoms with Crippen LogP contribution in [0.15, 0.2) is 58.4 Å². The van der Waals surface area contributed by atoms with E-state index in [0.29, 0.717) is 18.6 Å². The third-order valence-corrected chi connectivity index (χ3v) is 4.23. The Morgan fingerprint density at radius 3 is 2.65 bits per heavy atom. The lowest BCUT2D eigenvalue weighted by Gasteiger charge is -2.26. The van der Waals surface area contributed by atoms with Crippen molar-refractivity contribution in [2.75, 3.05) is 20.3 Å². The molecule has 0 bridgehead atoms. The number of methoxy groups -OCH3 is 1. The minimum Gasteiger partial charge on any atom is -0.503 e. The van der Waals surface area contributed by atoms with Crippen molar-refractivity contribution < 1.29 is 28.2 Å². The van der Waals surface area contributed by atoms with Gasteiger partial charge in [-0.2, -0.15) is 0 Å². The normalized spacial score (nSPS) is 17.2. The van der Waals surface area contributed by atoms with Crippen LogP contribution in [0, 0.1) is 5.82 Å². The molecule has 7 heteroatoms. The number of hydrogen-bond acceptors (Lipinski definition) is 5. The molecule has 1 aromatic carbocycles. The molecular weight excluding hydrogens is 341 g/mol. The van der Waals surface area contributed by atoms with Crippen molar-refractivity contribution in [3.63, 3.8) is 0 Å². The first kappa shape index (κ1) is 17.9. The number of rotatable bonds is 7. The number of ether oxygens (including phenoxy) is 1. The standard InChI is InChI=1S/C19H18FNO5/c1-25-10-3-9-21-16(12-5-7-13(20)8-6-12)15(18(23)19(21)24)17(22)14-4-2-11-26-14/h2,4-8,11,16,23H,3,9-10H2,1H3. The van der Waals surface area contributed by atoms with Gasteiger partial charge in [0.05, 0.1) is 17.9 Å². The topological polar surface area (TPSA) is 80.0 Å². The van der Waals surface area contributed by atoms with Crippen LogP contribution in [-0.4, -0.2) is 42.0 Å². The number of nitrogens with zero attached hydrogens (tertiary/aromatic N) is 1. The number of benzene rings is 1. The van der Waals surface area contributed by atoms with E-state index in [9.17, 15) is 19.1 Å². The maximum Gasteiger partial charge on any atom is 0.290 e. The molecule has 0 spiro atoms. The van der Waals surface area contributed by atoms with E-state index in [-0.39, 0.29) is 17.9 Å². The average Bonchev–Trinajstić information content (AvgIpc) is 3.25. The second kappa shape index (κ2) is 7.53. The summed E-state index contributed by atoms with van der Waals surface area (Å²) in [5.41, 5.74) is 0.449. The van der Waals surface area contributed by atoms with E-state index in [4.69, 9.17) is 9.15 Å². The molecule has 2 aromatic rings. The van der Waals surface area contributed by atoms with Crippen LogP contribution >= 0.6 is 0 Å². The predicted octanol–water partition coefficient (Wildman–Crippen LogP) is 3.03. The largest absolute Gasteiger partial charge is 0.503 e. The number of aliphatic hydroxyl groups is 1. The Morgan fingerprint density at radius 2 is 2.04 bits per heavy atom. The molecule has 0 fully saturated rings. The van der Waals surface area contributed by atoms with Gasteiger partial charge in [0, 0.05) is 20.3 Å². The van der Waals surface area contributed by atoms with Gasteiger partial charge in [0.15, 0.2) is 11.5 Å². The lowest BCUT2D eigenvalue weighted by molar-refractivity contribution is -0.129. The molecule has 1 aliphatic heterocycles. The highest BCUT2D eigenvalue weighted by atomic mass is 19.1. The zero-order chi connectivity index (χ0) is 18.7. The molecule has 3 rings (SSSR count). The van der Waals surface area contributed by atoms with E-state index in [0.717, 1.165) is 0 Å². The van der Waals surface area contributed by atoms with Gasteiger partial charge in [-0.1, -0.05) is 12.1 Å². The second-order valence-electron chi connectivity index (χ2n) is 5.87. The lowest BCUT2D eigenvalue weighted by atomic mass is 9.95. The smallest absolute Gasteiger partial charge is 0.290 e. The van der Waals surface area contributed by atoms with Crippen molar-refractivity contribution in [3.05, 3.63) is 71.1 Å². The molecule has 0 saturated heterocycles. The van der Waals surface area contributed by atoms with Gasteiger partial charge >= 0.3 is 0 Å². The average molecular weight is 359 g/mol. The fourth-order valence-electron chi connectivity index (χ4n) is 3.03. The summed E-state index contributed by atoms with van der Waals surface area (Å²) in [5, 5.41) is 10.4. The highest BCUT2D eigenvalue weighted by Gasteiger charge is 2.44. The lowest BCUT2D eigenvalue weighted by Crippen LogP contribution is -2.32. The van der Waals surface area contributed by atoms with Crippen molar-refractivity contribution in [1.29, 1.82) is 0 Å². The van der Waals surface area contributed by atoms with Gasteiger partial charge in [0.1, 0.15) is 5.82 Å². The van der Waals surface area contributed by atoms with Crippen LogP contribution in [0.2, 0.25) is 0 Å². The number of furan rings is 1. The van der Waals surface area contributed by atoms with Crippen LogP contribution < -0.4 is 0 Å². The highest BCUT2D eigenvalue weighted by molar-refractivity contribution is 6.14. The van der Waals surface area contributed by atoms with Gasteiger partial charge in [-0.15, -0.1) is 0 Å². The van der Waals surface area contributed by atoms with E-state index in [1.165, 1.54) is 41.5 Å². The first-order valence-electron chi connectivity index (χ1n) is 8.11. The van der Waals surface area contributed by atoms with Gasteiger partial charge in [0.25, 0.3) is 5.91 Å². The van der Waals surface area contributed by atoms with Crippen molar-refractivity contribution in [2.45, 2.75) is 12.5 Å². The molecule has 1 unspecified atom stereocenters. The Morgan fingerprint density at radius 1 is 1.31 bits per heavy atom. The Kier molecular flexibility index (Phi) is 5.18. The second-order valence-corrected chi connectivity index (χ2v) is 5.87. The van der Waals surface area contributed by atoms with Gasteiger partial charge in [0.2, 0.25) is 5.78 Å². The maximum absolute atomic E-state index is 13.3. The zero-order valence-electron chi connectivity index (χ0n) is 14.1. The molecule has 1 atom stereocenters. The Labute approximate surface area is 149 Å². The Bertz CT molecular complexity index is 826. The van der Waals surface area contributed by atoms with E-state index >= 15 is 0 Å². The SMILES string of the molecule is COCCCN1C(=O)C(O)=C(C(=O)c2ccco2)C1c1ccc(F)cc1. The monoisotopic (exact) mass is 359 g/mol. The van der Waals surface area contributed by atoms with Crippen molar-refractivity contribution in [1.82, 2.24) is 4.90 Å². The first-order chi connectivity index (χ1) is 12.5. The fraction of sp³-hybridized carbons (Fsp3) is 0.263. The minimum absolute atomic E-state index is 0.0187. The number of Topliss-reactive ketones (excluding diaryl/α,β-unsaturated/α-hetero) is 1. The Hall–Kier alpha value is -2.93. The van der Waals surface area contributed by atoms with Gasteiger partial charge in [-0.3, -0.25) is 9.59 Å². The van der Waals surface area contributed by atoms with Gasteiger partial charge in [-0.25, -0.2) is 4.39 Å². The summed E-state index contributed by atoms with van der Waals surface area (Å²) >= 11 is 0. The van der Waals surface area contributed by atoms with Crippen molar-refractivity contribution >= 4 is 11.7 Å². The van der Waals surface area contributed by atoms with Crippen LogP contribution in [0.25, 0.3) is 0 Å². The summed E-state index contributed by atoms with van der Waals surface area (Å²) in [6.45, 7) is 0.690. The number of hydrogen-bond donors (Lipinski definition) is 1. The summed E-state index contributed by atoms with van der Waals surface area (Å²) in [6.07, 6.45) is 1.86. The molecule has 1 N–H and O–H groups in total. The first-order valence-corrected chi connectivity index (χ1v) is 8.11. The van der Waals surface area contributed by atoms with Crippen LogP contribution in [0.1, 0.15) is 28.6 Å². The summed E-state index contributed by atoms with van der Waals surface area (Å²) in [4.78, 5) is 26.7. The molecule has 6 nitrogen and oxygen atoms in total. The van der Waals surface area contributed by atoms with Gasteiger partial charge < -0.3 is 19.2 Å². The fourth-order valence-corrected chi connectivity index (χ4v) is 3.03. The maximum atomic E-state index is 13.3. The molecule has 0 radical (unpaired) electrons. The summed E-state index contributed by atoms with van der Waals surface area (Å²) in [5.74, 6) is -2.26. The predicted molar refractivity (Wildman–Crippen MR) is 90.0 cm³/mol. The summed E-state index contributed by atoms with van der Waals surface area (Å²) in [6, 6.07) is 7.66. The van der Waals surface area contributed by atoms with E-state index in [1.54, 1.807) is 13.2 Å². The zero-order valence-corrected chi connectivity index (χ0v) is 14.1. The van der Waals surface area contributed by atoms with Crippen LogP contribution in [0.4, 0.5) is 4.39 Å². The highest BCUT2D eigenvalue weighted by Crippen LogP contribution is 2.39. The third-order valence-electron chi connectivity index (χ3n) is 4.23. The number of amides is 1. The van der Waals surface area contributed by atoms with E-state index in [2.05, 4.69) is 0 Å². The summed E-state index contributed by atoms with van der Waals surface area (Å²) < 4.78 is 23.4. The molecule has 0 aliphatic carbocycles. The minimum atomic E-state index is -0.822. The number of halogens is 1. The third kappa shape index (κ3) is 3.25. The van der Waals surface area contributed by atoms with Crippen molar-refractivity contribution in [2.24, 2.45) is 0 Å². The number of carbonyl (C=O) groups excluding carboxylic acids is 2. The Balaban J connectivity index is 2.02. The van der Waals surface area contributed by atoms with E-state index < -0.39 is 29.3 Å². The molecule has 2 heterocycles. The molecule has 1 amide bonds. The molecule has 0 saturated carbocycles. The molecular formula is C19H18FNO5. The molecule has 1 aliphatic rings. The van der Waals surface area contributed by atoms with Crippen LogP contribution in [-0.2, 0) is 9.53 Å². The van der Waals surface area contributed by atoms with Crippen LogP contribution in [0.5, 0.6) is 0 Å².